The Morgan fingerprint density at radius 2 is 1.80 bits per heavy atom. The van der Waals surface area contributed by atoms with Gasteiger partial charge in [-0.25, -0.2) is 0 Å². The molecule has 1 aromatic carbocycles. The third kappa shape index (κ3) is 1.96. The van der Waals surface area contributed by atoms with Crippen LogP contribution in [0.3, 0.4) is 0 Å². The van der Waals surface area contributed by atoms with E-state index >= 15 is 0 Å². The normalized spacial score (nSPS) is 10.6. The Balaban J connectivity index is 2.61. The second-order valence-electron chi connectivity index (χ2n) is 3.09. The van der Waals surface area contributed by atoms with Crippen LogP contribution in [0.5, 0.6) is 11.5 Å². The highest BCUT2D eigenvalue weighted by Crippen LogP contribution is 2.36. The van der Waals surface area contributed by atoms with Crippen LogP contribution in [-0.2, 0) is 5.33 Å². The Bertz CT molecular complexity index is 438. The van der Waals surface area contributed by atoms with Crippen LogP contribution in [0.15, 0.2) is 18.2 Å². The lowest BCUT2D eigenvalue weighted by Crippen LogP contribution is -1.89. The molecular formula is C11H11BrO2S. The molecule has 0 N–H and O–H groups in total. The molecule has 80 valence electrons. The molecule has 0 radical (unpaired) electrons. The van der Waals surface area contributed by atoms with Crippen molar-refractivity contribution in [3.8, 4) is 11.5 Å². The molecule has 2 aromatic rings. The summed E-state index contributed by atoms with van der Waals surface area (Å²) in [6.45, 7) is 0. The standard InChI is InChI=1S/C11H11BrO2S/c1-13-9-4-7-3-8(6-12)15-11(7)5-10(9)14-2/h3-5H,6H2,1-2H3. The van der Waals surface area contributed by atoms with Gasteiger partial charge in [0.1, 0.15) is 0 Å². The van der Waals surface area contributed by atoms with Gasteiger partial charge in [-0.1, -0.05) is 15.9 Å². The van der Waals surface area contributed by atoms with Gasteiger partial charge in [0.15, 0.2) is 11.5 Å². The van der Waals surface area contributed by atoms with Crippen LogP contribution in [0.1, 0.15) is 4.88 Å². The zero-order chi connectivity index (χ0) is 10.8. The summed E-state index contributed by atoms with van der Waals surface area (Å²) in [4.78, 5) is 1.31. The summed E-state index contributed by atoms with van der Waals surface area (Å²) < 4.78 is 11.7. The van der Waals surface area contributed by atoms with E-state index in [0.29, 0.717) is 0 Å². The number of benzene rings is 1. The van der Waals surface area contributed by atoms with Gasteiger partial charge in [0, 0.05) is 21.0 Å². The van der Waals surface area contributed by atoms with Crippen molar-refractivity contribution in [2.24, 2.45) is 0 Å². The fraction of sp³-hybridized carbons (Fsp3) is 0.273. The molecule has 0 spiro atoms. The molecule has 0 bridgehead atoms. The van der Waals surface area contributed by atoms with E-state index in [4.69, 9.17) is 9.47 Å². The largest absolute Gasteiger partial charge is 0.493 e. The monoisotopic (exact) mass is 286 g/mol. The van der Waals surface area contributed by atoms with Crippen LogP contribution in [0.25, 0.3) is 10.1 Å². The van der Waals surface area contributed by atoms with E-state index in [-0.39, 0.29) is 0 Å². The maximum atomic E-state index is 5.26. The average Bonchev–Trinajstić information content (AvgIpc) is 2.68. The summed E-state index contributed by atoms with van der Waals surface area (Å²) in [5, 5.41) is 2.09. The molecule has 0 fully saturated rings. The van der Waals surface area contributed by atoms with Crippen LogP contribution in [-0.4, -0.2) is 14.2 Å². The molecule has 15 heavy (non-hydrogen) atoms. The second-order valence-corrected chi connectivity index (χ2v) is 4.82. The van der Waals surface area contributed by atoms with Crippen molar-refractivity contribution in [3.63, 3.8) is 0 Å². The molecule has 4 heteroatoms. The fourth-order valence-corrected chi connectivity index (χ4v) is 2.92. The first-order chi connectivity index (χ1) is 7.28. The van der Waals surface area contributed by atoms with Crippen LogP contribution < -0.4 is 9.47 Å². The summed E-state index contributed by atoms with van der Waals surface area (Å²) >= 11 is 5.22. The van der Waals surface area contributed by atoms with Crippen molar-refractivity contribution in [1.29, 1.82) is 0 Å². The van der Waals surface area contributed by atoms with Crippen molar-refractivity contribution in [3.05, 3.63) is 23.1 Å². The smallest absolute Gasteiger partial charge is 0.162 e. The highest BCUT2D eigenvalue weighted by atomic mass is 79.9. The molecule has 0 aliphatic heterocycles. The van der Waals surface area contributed by atoms with E-state index in [1.807, 2.05) is 12.1 Å². The minimum absolute atomic E-state index is 0.781. The average molecular weight is 287 g/mol. The van der Waals surface area contributed by atoms with Gasteiger partial charge >= 0.3 is 0 Å². The van der Waals surface area contributed by atoms with E-state index < -0.39 is 0 Å². The van der Waals surface area contributed by atoms with Gasteiger partial charge in [-0.15, -0.1) is 11.3 Å². The maximum Gasteiger partial charge on any atom is 0.162 e. The van der Waals surface area contributed by atoms with E-state index in [1.54, 1.807) is 25.6 Å². The molecule has 0 atom stereocenters. The lowest BCUT2D eigenvalue weighted by Gasteiger charge is -2.06. The molecule has 2 rings (SSSR count). The summed E-state index contributed by atoms with van der Waals surface area (Å²) in [6, 6.07) is 6.19. The minimum Gasteiger partial charge on any atom is -0.493 e. The molecular weight excluding hydrogens is 276 g/mol. The number of thiophene rings is 1. The molecule has 0 aliphatic carbocycles. The molecule has 1 aromatic heterocycles. The number of halogens is 1. The zero-order valence-corrected chi connectivity index (χ0v) is 10.9. The Morgan fingerprint density at radius 3 is 2.40 bits per heavy atom. The topological polar surface area (TPSA) is 18.5 Å². The van der Waals surface area contributed by atoms with Crippen molar-refractivity contribution >= 4 is 37.4 Å². The molecule has 2 nitrogen and oxygen atoms in total. The van der Waals surface area contributed by atoms with Crippen molar-refractivity contribution in [2.45, 2.75) is 5.33 Å². The number of rotatable bonds is 3. The number of methoxy groups -OCH3 is 2. The molecule has 0 aliphatic rings. The summed E-state index contributed by atoms with van der Waals surface area (Å²) in [5.74, 6) is 1.57. The predicted octanol–water partition coefficient (Wildman–Crippen LogP) is 3.81. The van der Waals surface area contributed by atoms with E-state index in [0.717, 1.165) is 16.8 Å². The van der Waals surface area contributed by atoms with Gasteiger partial charge in [-0.2, -0.15) is 0 Å². The molecule has 0 saturated carbocycles. The number of hydrogen-bond donors (Lipinski definition) is 0. The summed E-state index contributed by atoms with van der Waals surface area (Å²) in [5.41, 5.74) is 0. The lowest BCUT2D eigenvalue weighted by atomic mass is 10.2. The Morgan fingerprint density at radius 1 is 1.13 bits per heavy atom. The van der Waals surface area contributed by atoms with E-state index in [2.05, 4.69) is 22.0 Å². The van der Waals surface area contributed by atoms with Crippen molar-refractivity contribution in [1.82, 2.24) is 0 Å². The summed E-state index contributed by atoms with van der Waals surface area (Å²) in [6.07, 6.45) is 0. The second kappa shape index (κ2) is 4.41. The molecule has 0 saturated heterocycles. The van der Waals surface area contributed by atoms with Gasteiger partial charge in [0.25, 0.3) is 0 Å². The number of alkyl halides is 1. The number of hydrogen-bond acceptors (Lipinski definition) is 3. The first-order valence-corrected chi connectivity index (χ1v) is 6.42. The maximum absolute atomic E-state index is 5.26. The highest BCUT2D eigenvalue weighted by Gasteiger charge is 2.08. The van der Waals surface area contributed by atoms with Gasteiger partial charge in [0.05, 0.1) is 14.2 Å². The lowest BCUT2D eigenvalue weighted by molar-refractivity contribution is 0.356. The highest BCUT2D eigenvalue weighted by molar-refractivity contribution is 9.08. The van der Waals surface area contributed by atoms with Gasteiger partial charge in [-0.3, -0.25) is 0 Å². The number of ether oxygens (including phenoxy) is 2. The van der Waals surface area contributed by atoms with Crippen molar-refractivity contribution in [2.75, 3.05) is 14.2 Å². The predicted molar refractivity (Wildman–Crippen MR) is 67.6 cm³/mol. The quantitative estimate of drug-likeness (QED) is 0.799. The molecule has 0 unspecified atom stereocenters. The van der Waals surface area contributed by atoms with Crippen LogP contribution >= 0.6 is 27.3 Å². The van der Waals surface area contributed by atoms with Crippen LogP contribution in [0, 0.1) is 0 Å². The third-order valence-electron chi connectivity index (χ3n) is 2.21. The Hall–Kier alpha value is -0.740. The van der Waals surface area contributed by atoms with Crippen LogP contribution in [0.2, 0.25) is 0 Å². The third-order valence-corrected chi connectivity index (χ3v) is 4.28. The molecule has 1 heterocycles. The first-order valence-electron chi connectivity index (χ1n) is 4.49. The SMILES string of the molecule is COc1cc2cc(CBr)sc2cc1OC. The zero-order valence-electron chi connectivity index (χ0n) is 8.54. The van der Waals surface area contributed by atoms with Gasteiger partial charge < -0.3 is 9.47 Å². The van der Waals surface area contributed by atoms with Gasteiger partial charge in [-0.05, 0) is 17.5 Å². The van der Waals surface area contributed by atoms with Crippen molar-refractivity contribution < 1.29 is 9.47 Å². The Labute approximate surface area is 101 Å². The molecule has 0 amide bonds. The van der Waals surface area contributed by atoms with E-state index in [1.165, 1.54) is 15.0 Å². The fourth-order valence-electron chi connectivity index (χ4n) is 1.49. The minimum atomic E-state index is 0.781. The van der Waals surface area contributed by atoms with Gasteiger partial charge in [0.2, 0.25) is 0 Å². The Kier molecular flexibility index (Phi) is 3.17. The number of fused-ring (bicyclic) bond motifs is 1. The van der Waals surface area contributed by atoms with E-state index in [9.17, 15) is 0 Å². The van der Waals surface area contributed by atoms with Crippen LogP contribution in [0.4, 0.5) is 0 Å². The first kappa shape index (κ1) is 10.8. The summed E-state index contributed by atoms with van der Waals surface area (Å²) in [7, 11) is 3.31.